The molecule has 0 saturated carbocycles. The minimum absolute atomic E-state index is 0.130. The minimum atomic E-state index is -4.41. The molecule has 0 N–H and O–H groups in total. The van der Waals surface area contributed by atoms with Crippen molar-refractivity contribution in [2.75, 3.05) is 6.54 Å². The van der Waals surface area contributed by atoms with Crippen molar-refractivity contribution in [3.8, 4) is 12.3 Å². The summed E-state index contributed by atoms with van der Waals surface area (Å²) in [5, 5.41) is -0.490. The maximum absolute atomic E-state index is 12.4. The second kappa shape index (κ2) is 5.66. The molecule has 1 aliphatic heterocycles. The molecule has 1 fully saturated rings. The van der Waals surface area contributed by atoms with Gasteiger partial charge in [-0.1, -0.05) is 18.1 Å². The first-order valence-corrected chi connectivity index (χ1v) is 6.50. The van der Waals surface area contributed by atoms with E-state index in [1.165, 1.54) is 18.2 Å². The van der Waals surface area contributed by atoms with Gasteiger partial charge in [-0.25, -0.2) is 0 Å². The third-order valence-electron chi connectivity index (χ3n) is 2.66. The predicted molar refractivity (Wildman–Crippen MR) is 73.0 cm³/mol. The zero-order valence-electron chi connectivity index (χ0n) is 10.5. The van der Waals surface area contributed by atoms with Gasteiger partial charge in [0.25, 0.3) is 11.1 Å². The first-order valence-electron chi connectivity index (χ1n) is 5.69. The SMILES string of the molecule is C#CCN1C(=O)S/C(=C\c2ccc(C(F)(F)F)cc2)C1=O. The highest BCUT2D eigenvalue weighted by molar-refractivity contribution is 8.18. The third kappa shape index (κ3) is 3.28. The smallest absolute Gasteiger partial charge is 0.268 e. The Morgan fingerprint density at radius 1 is 1.24 bits per heavy atom. The molecule has 1 aliphatic rings. The molecule has 2 amide bonds. The maximum Gasteiger partial charge on any atom is 0.416 e. The van der Waals surface area contributed by atoms with Crippen LogP contribution in [0.25, 0.3) is 6.08 Å². The van der Waals surface area contributed by atoms with E-state index in [2.05, 4.69) is 5.92 Å². The summed E-state index contributed by atoms with van der Waals surface area (Å²) in [4.78, 5) is 24.5. The molecule has 2 rings (SSSR count). The van der Waals surface area contributed by atoms with Gasteiger partial charge in [0, 0.05) is 0 Å². The lowest BCUT2D eigenvalue weighted by atomic mass is 10.1. The van der Waals surface area contributed by atoms with Gasteiger partial charge in [-0.2, -0.15) is 13.2 Å². The van der Waals surface area contributed by atoms with Crippen LogP contribution in [-0.4, -0.2) is 22.6 Å². The van der Waals surface area contributed by atoms with Crippen LogP contribution < -0.4 is 0 Å². The lowest BCUT2D eigenvalue weighted by molar-refractivity contribution is -0.137. The molecular formula is C14H8F3NO2S. The van der Waals surface area contributed by atoms with Crippen molar-refractivity contribution in [2.45, 2.75) is 6.18 Å². The highest BCUT2D eigenvalue weighted by atomic mass is 32.2. The normalized spacial score (nSPS) is 17.4. The van der Waals surface area contributed by atoms with Gasteiger partial charge in [0.1, 0.15) is 0 Å². The molecule has 7 heteroatoms. The van der Waals surface area contributed by atoms with Crippen LogP contribution in [0, 0.1) is 12.3 Å². The van der Waals surface area contributed by atoms with Crippen LogP contribution in [0.15, 0.2) is 29.2 Å². The number of terminal acetylenes is 1. The summed E-state index contributed by atoms with van der Waals surface area (Å²) < 4.78 is 37.3. The molecule has 0 bridgehead atoms. The van der Waals surface area contributed by atoms with Crippen molar-refractivity contribution in [2.24, 2.45) is 0 Å². The van der Waals surface area contributed by atoms with Gasteiger partial charge in [0.15, 0.2) is 0 Å². The molecule has 108 valence electrons. The Morgan fingerprint density at radius 3 is 2.38 bits per heavy atom. The second-order valence-electron chi connectivity index (χ2n) is 4.09. The third-order valence-corrected chi connectivity index (χ3v) is 3.57. The van der Waals surface area contributed by atoms with E-state index in [1.807, 2.05) is 0 Å². The molecule has 1 aromatic rings. The maximum atomic E-state index is 12.4. The van der Waals surface area contributed by atoms with Crippen LogP contribution in [-0.2, 0) is 11.0 Å². The van der Waals surface area contributed by atoms with E-state index in [1.54, 1.807) is 0 Å². The number of halogens is 3. The first kappa shape index (κ1) is 15.2. The Bertz CT molecular complexity index is 656. The lowest BCUT2D eigenvalue weighted by Gasteiger charge is -2.07. The number of thioether (sulfide) groups is 1. The van der Waals surface area contributed by atoms with Gasteiger partial charge < -0.3 is 0 Å². The van der Waals surface area contributed by atoms with Gasteiger partial charge in [-0.15, -0.1) is 6.42 Å². The van der Waals surface area contributed by atoms with E-state index in [4.69, 9.17) is 6.42 Å². The zero-order valence-corrected chi connectivity index (χ0v) is 11.3. The molecule has 21 heavy (non-hydrogen) atoms. The molecular weight excluding hydrogens is 303 g/mol. The number of imide groups is 1. The van der Waals surface area contributed by atoms with Crippen LogP contribution in [0.2, 0.25) is 0 Å². The molecule has 1 heterocycles. The van der Waals surface area contributed by atoms with Crippen LogP contribution in [0.5, 0.6) is 0 Å². The van der Waals surface area contributed by atoms with Crippen LogP contribution in [0.1, 0.15) is 11.1 Å². The second-order valence-corrected chi connectivity index (χ2v) is 5.08. The summed E-state index contributed by atoms with van der Waals surface area (Å²) in [6.45, 7) is -0.130. The largest absolute Gasteiger partial charge is 0.416 e. The number of carbonyl (C=O) groups is 2. The number of hydrogen-bond donors (Lipinski definition) is 0. The number of amides is 2. The number of benzene rings is 1. The quantitative estimate of drug-likeness (QED) is 0.621. The van der Waals surface area contributed by atoms with Gasteiger partial charge in [0.2, 0.25) is 0 Å². The van der Waals surface area contributed by atoms with E-state index in [0.29, 0.717) is 17.3 Å². The van der Waals surface area contributed by atoms with Gasteiger partial charge in [0.05, 0.1) is 17.0 Å². The molecule has 0 aliphatic carbocycles. The topological polar surface area (TPSA) is 37.4 Å². The summed E-state index contributed by atoms with van der Waals surface area (Å²) in [7, 11) is 0. The van der Waals surface area contributed by atoms with Crippen molar-refractivity contribution < 1.29 is 22.8 Å². The average Bonchev–Trinajstić information content (AvgIpc) is 2.66. The van der Waals surface area contributed by atoms with E-state index in [0.717, 1.165) is 17.0 Å². The molecule has 1 aromatic carbocycles. The number of hydrogen-bond acceptors (Lipinski definition) is 3. The molecule has 3 nitrogen and oxygen atoms in total. The fourth-order valence-corrected chi connectivity index (χ4v) is 2.49. The summed E-state index contributed by atoms with van der Waals surface area (Å²) >= 11 is 0.707. The Hall–Kier alpha value is -2.20. The highest BCUT2D eigenvalue weighted by Crippen LogP contribution is 2.33. The predicted octanol–water partition coefficient (Wildman–Crippen LogP) is 3.37. The summed E-state index contributed by atoms with van der Waals surface area (Å²) in [6, 6.07) is 4.30. The fourth-order valence-electron chi connectivity index (χ4n) is 1.65. The number of carbonyl (C=O) groups excluding carboxylic acids is 2. The molecule has 0 unspecified atom stereocenters. The van der Waals surface area contributed by atoms with E-state index < -0.39 is 22.9 Å². The van der Waals surface area contributed by atoms with Crippen LogP contribution >= 0.6 is 11.8 Å². The molecule has 0 spiro atoms. The van der Waals surface area contributed by atoms with Crippen molar-refractivity contribution in [3.63, 3.8) is 0 Å². The Kier molecular flexibility index (Phi) is 4.09. The number of nitrogens with zero attached hydrogens (tertiary/aromatic N) is 1. The Balaban J connectivity index is 2.23. The molecule has 1 saturated heterocycles. The summed E-state index contributed by atoms with van der Waals surface area (Å²) in [6.07, 6.45) is 2.01. The Morgan fingerprint density at radius 2 is 1.86 bits per heavy atom. The van der Waals surface area contributed by atoms with Crippen molar-refractivity contribution in [1.82, 2.24) is 4.90 Å². The van der Waals surface area contributed by atoms with Gasteiger partial charge in [-0.3, -0.25) is 14.5 Å². The minimum Gasteiger partial charge on any atom is -0.268 e. The van der Waals surface area contributed by atoms with Crippen LogP contribution in [0.3, 0.4) is 0 Å². The lowest BCUT2D eigenvalue weighted by Crippen LogP contribution is -2.28. The molecule has 0 atom stereocenters. The van der Waals surface area contributed by atoms with E-state index in [9.17, 15) is 22.8 Å². The molecule has 0 aromatic heterocycles. The van der Waals surface area contributed by atoms with E-state index >= 15 is 0 Å². The zero-order chi connectivity index (χ0) is 15.6. The van der Waals surface area contributed by atoms with Gasteiger partial charge in [-0.05, 0) is 35.5 Å². The van der Waals surface area contributed by atoms with Crippen molar-refractivity contribution in [3.05, 3.63) is 40.3 Å². The first-order chi connectivity index (χ1) is 9.82. The molecule has 0 radical (unpaired) electrons. The standard InChI is InChI=1S/C14H8F3NO2S/c1-2-7-18-12(19)11(21-13(18)20)8-9-3-5-10(6-4-9)14(15,16)17/h1,3-6,8H,7H2/b11-8-. The summed E-state index contributed by atoms with van der Waals surface area (Å²) in [5.41, 5.74) is -0.380. The summed E-state index contributed by atoms with van der Waals surface area (Å²) in [5.74, 6) is 1.66. The van der Waals surface area contributed by atoms with Gasteiger partial charge >= 0.3 is 6.18 Å². The number of rotatable bonds is 2. The van der Waals surface area contributed by atoms with Crippen molar-refractivity contribution >= 4 is 29.0 Å². The fraction of sp³-hybridized carbons (Fsp3) is 0.143. The van der Waals surface area contributed by atoms with Crippen molar-refractivity contribution in [1.29, 1.82) is 0 Å². The monoisotopic (exact) mass is 311 g/mol. The van der Waals surface area contributed by atoms with Crippen LogP contribution in [0.4, 0.5) is 18.0 Å². The Labute approximate surface area is 122 Å². The highest BCUT2D eigenvalue weighted by Gasteiger charge is 2.34. The van der Waals surface area contributed by atoms with E-state index in [-0.39, 0.29) is 11.4 Å². The average molecular weight is 311 g/mol. The number of alkyl halides is 3.